The zero-order valence-electron chi connectivity index (χ0n) is 10.9. The number of rotatable bonds is 1. The first kappa shape index (κ1) is 12.0. The number of benzene rings is 2. The Balaban J connectivity index is 2.11. The molecule has 1 heterocycles. The van der Waals surface area contributed by atoms with Crippen LogP contribution >= 0.6 is 0 Å². The average molecular weight is 251 g/mol. The number of fused-ring (bicyclic) bond motifs is 1. The lowest BCUT2D eigenvalue weighted by atomic mass is 10.0. The first-order valence-corrected chi connectivity index (χ1v) is 6.77. The van der Waals surface area contributed by atoms with Gasteiger partial charge in [0, 0.05) is 36.1 Å². The van der Waals surface area contributed by atoms with Crippen molar-refractivity contribution in [2.75, 3.05) is 31.1 Å². The quantitative estimate of drug-likeness (QED) is 0.846. The van der Waals surface area contributed by atoms with Crippen LogP contribution in [0.5, 0.6) is 0 Å². The van der Waals surface area contributed by atoms with Crippen LogP contribution in [0.2, 0.25) is 0 Å². The van der Waals surface area contributed by atoms with E-state index in [2.05, 4.69) is 28.4 Å². The molecule has 2 aromatic rings. The Bertz CT molecular complexity index is 619. The summed E-state index contributed by atoms with van der Waals surface area (Å²) in [6, 6.07) is 14.5. The zero-order valence-corrected chi connectivity index (χ0v) is 10.9. The molecular formula is C16H17N3. The molecule has 0 saturated carbocycles. The van der Waals surface area contributed by atoms with Crippen LogP contribution in [-0.4, -0.2) is 26.2 Å². The molecule has 19 heavy (non-hydrogen) atoms. The Hall–Kier alpha value is -2.05. The van der Waals surface area contributed by atoms with E-state index in [0.29, 0.717) is 0 Å². The lowest BCUT2D eigenvalue weighted by molar-refractivity contribution is 0.724. The predicted molar refractivity (Wildman–Crippen MR) is 78.4 cm³/mol. The first-order chi connectivity index (χ1) is 9.40. The Morgan fingerprint density at radius 3 is 2.68 bits per heavy atom. The average Bonchev–Trinajstić information content (AvgIpc) is 2.75. The van der Waals surface area contributed by atoms with E-state index in [1.54, 1.807) is 0 Å². The van der Waals surface area contributed by atoms with Gasteiger partial charge in [0.05, 0.1) is 11.6 Å². The van der Waals surface area contributed by atoms with Crippen LogP contribution in [-0.2, 0) is 0 Å². The van der Waals surface area contributed by atoms with Crippen molar-refractivity contribution in [2.45, 2.75) is 6.42 Å². The second kappa shape index (κ2) is 5.29. The molecule has 1 fully saturated rings. The van der Waals surface area contributed by atoms with E-state index in [0.717, 1.165) is 43.5 Å². The molecule has 96 valence electrons. The predicted octanol–water partition coefficient (Wildman–Crippen LogP) is 2.51. The van der Waals surface area contributed by atoms with Gasteiger partial charge in [-0.1, -0.05) is 24.3 Å². The molecule has 1 N–H and O–H groups in total. The molecule has 3 heteroatoms. The zero-order chi connectivity index (χ0) is 13.1. The lowest BCUT2D eigenvalue weighted by Gasteiger charge is -2.24. The fourth-order valence-corrected chi connectivity index (χ4v) is 2.74. The summed E-state index contributed by atoms with van der Waals surface area (Å²) in [4.78, 5) is 2.42. The highest BCUT2D eigenvalue weighted by atomic mass is 15.2. The van der Waals surface area contributed by atoms with Crippen LogP contribution in [0.15, 0.2) is 36.4 Å². The standard InChI is InChI=1S/C16H17N3/c17-12-13-6-7-16(15-5-2-1-4-14(13)15)19-10-3-8-18-9-11-19/h1-2,4-7,18H,3,8-11H2. The first-order valence-electron chi connectivity index (χ1n) is 6.77. The number of nitrogens with one attached hydrogen (secondary N) is 1. The van der Waals surface area contributed by atoms with E-state index in [4.69, 9.17) is 0 Å². The van der Waals surface area contributed by atoms with Crippen molar-refractivity contribution in [3.8, 4) is 6.07 Å². The minimum Gasteiger partial charge on any atom is -0.370 e. The Morgan fingerprint density at radius 1 is 1.00 bits per heavy atom. The highest BCUT2D eigenvalue weighted by Gasteiger charge is 2.13. The number of hydrogen-bond acceptors (Lipinski definition) is 3. The molecule has 0 amide bonds. The van der Waals surface area contributed by atoms with Gasteiger partial charge in [0.15, 0.2) is 0 Å². The van der Waals surface area contributed by atoms with E-state index in [-0.39, 0.29) is 0 Å². The van der Waals surface area contributed by atoms with Crippen LogP contribution < -0.4 is 10.2 Å². The lowest BCUT2D eigenvalue weighted by Crippen LogP contribution is -2.27. The van der Waals surface area contributed by atoms with Gasteiger partial charge in [-0.25, -0.2) is 0 Å². The van der Waals surface area contributed by atoms with Gasteiger partial charge in [0.2, 0.25) is 0 Å². The number of nitrogens with zero attached hydrogens (tertiary/aromatic N) is 2. The highest BCUT2D eigenvalue weighted by molar-refractivity contribution is 5.97. The fraction of sp³-hybridized carbons (Fsp3) is 0.312. The highest BCUT2D eigenvalue weighted by Crippen LogP contribution is 2.29. The molecule has 0 aromatic heterocycles. The monoisotopic (exact) mass is 251 g/mol. The van der Waals surface area contributed by atoms with E-state index in [1.807, 2.05) is 24.3 Å². The Morgan fingerprint density at radius 2 is 1.84 bits per heavy atom. The summed E-state index contributed by atoms with van der Waals surface area (Å²) in [5, 5.41) is 14.9. The van der Waals surface area contributed by atoms with Crippen molar-refractivity contribution in [1.29, 1.82) is 5.26 Å². The molecule has 0 atom stereocenters. The summed E-state index contributed by atoms with van der Waals surface area (Å²) in [6.07, 6.45) is 1.16. The van der Waals surface area contributed by atoms with Crippen molar-refractivity contribution >= 4 is 16.5 Å². The molecule has 3 rings (SSSR count). The van der Waals surface area contributed by atoms with Crippen LogP contribution in [0, 0.1) is 11.3 Å². The van der Waals surface area contributed by atoms with Gasteiger partial charge in [0.25, 0.3) is 0 Å². The van der Waals surface area contributed by atoms with Gasteiger partial charge < -0.3 is 10.2 Å². The van der Waals surface area contributed by atoms with E-state index in [1.165, 1.54) is 11.1 Å². The maximum atomic E-state index is 9.21. The van der Waals surface area contributed by atoms with Crippen molar-refractivity contribution < 1.29 is 0 Å². The van der Waals surface area contributed by atoms with E-state index >= 15 is 0 Å². The van der Waals surface area contributed by atoms with Crippen LogP contribution in [0.4, 0.5) is 5.69 Å². The molecule has 1 saturated heterocycles. The fourth-order valence-electron chi connectivity index (χ4n) is 2.74. The Labute approximate surface area is 113 Å². The van der Waals surface area contributed by atoms with Crippen molar-refractivity contribution in [2.24, 2.45) is 0 Å². The summed E-state index contributed by atoms with van der Waals surface area (Å²) >= 11 is 0. The topological polar surface area (TPSA) is 39.1 Å². The Kier molecular flexibility index (Phi) is 3.35. The second-order valence-corrected chi connectivity index (χ2v) is 4.88. The summed E-state index contributed by atoms with van der Waals surface area (Å²) in [6.45, 7) is 4.21. The van der Waals surface area contributed by atoms with Gasteiger partial charge in [-0.15, -0.1) is 0 Å². The van der Waals surface area contributed by atoms with E-state index in [9.17, 15) is 5.26 Å². The van der Waals surface area contributed by atoms with Gasteiger partial charge in [-0.05, 0) is 25.1 Å². The molecule has 0 bridgehead atoms. The smallest absolute Gasteiger partial charge is 0.0998 e. The molecule has 3 nitrogen and oxygen atoms in total. The summed E-state index contributed by atoms with van der Waals surface area (Å²) < 4.78 is 0. The molecule has 0 unspecified atom stereocenters. The van der Waals surface area contributed by atoms with Crippen molar-refractivity contribution in [3.63, 3.8) is 0 Å². The number of nitriles is 1. The SMILES string of the molecule is N#Cc1ccc(N2CCCNCC2)c2ccccc12. The summed E-state index contributed by atoms with van der Waals surface area (Å²) in [5.74, 6) is 0. The third-order valence-electron chi connectivity index (χ3n) is 3.70. The molecule has 1 aliphatic rings. The van der Waals surface area contributed by atoms with Gasteiger partial charge in [-0.2, -0.15) is 5.26 Å². The van der Waals surface area contributed by atoms with Gasteiger partial charge >= 0.3 is 0 Å². The molecule has 2 aromatic carbocycles. The minimum atomic E-state index is 0.757. The van der Waals surface area contributed by atoms with Crippen molar-refractivity contribution in [1.82, 2.24) is 5.32 Å². The largest absolute Gasteiger partial charge is 0.370 e. The number of hydrogen-bond donors (Lipinski definition) is 1. The molecule has 0 radical (unpaired) electrons. The van der Waals surface area contributed by atoms with Crippen LogP contribution in [0.25, 0.3) is 10.8 Å². The third kappa shape index (κ3) is 2.27. The molecular weight excluding hydrogens is 234 g/mol. The summed E-state index contributed by atoms with van der Waals surface area (Å²) in [7, 11) is 0. The van der Waals surface area contributed by atoms with Gasteiger partial charge in [0.1, 0.15) is 0 Å². The van der Waals surface area contributed by atoms with Crippen molar-refractivity contribution in [3.05, 3.63) is 42.0 Å². The van der Waals surface area contributed by atoms with Gasteiger partial charge in [-0.3, -0.25) is 0 Å². The minimum absolute atomic E-state index is 0.757. The third-order valence-corrected chi connectivity index (χ3v) is 3.70. The molecule has 0 spiro atoms. The maximum Gasteiger partial charge on any atom is 0.0998 e. The van der Waals surface area contributed by atoms with Crippen LogP contribution in [0.3, 0.4) is 0 Å². The van der Waals surface area contributed by atoms with Crippen LogP contribution in [0.1, 0.15) is 12.0 Å². The van der Waals surface area contributed by atoms with E-state index < -0.39 is 0 Å². The summed E-state index contributed by atoms with van der Waals surface area (Å²) in [5.41, 5.74) is 2.01. The number of anilines is 1. The normalized spacial score (nSPS) is 16.1. The molecule has 1 aliphatic heterocycles. The molecule has 0 aliphatic carbocycles. The maximum absolute atomic E-state index is 9.21. The second-order valence-electron chi connectivity index (χ2n) is 4.88.